The van der Waals surface area contributed by atoms with Crippen LogP contribution in [0.1, 0.15) is 69.2 Å². The molecule has 0 aliphatic carbocycles. The predicted octanol–water partition coefficient (Wildman–Crippen LogP) is 2.99. The molecule has 0 aliphatic heterocycles. The van der Waals surface area contributed by atoms with Gasteiger partial charge in [-0.25, -0.2) is 0 Å². The molecule has 0 rings (SSSR count). The molecule has 0 heterocycles. The van der Waals surface area contributed by atoms with Gasteiger partial charge in [0.1, 0.15) is 0 Å². The van der Waals surface area contributed by atoms with Crippen LogP contribution < -0.4 is 0 Å². The zero-order valence-corrected chi connectivity index (χ0v) is 18.8. The van der Waals surface area contributed by atoms with Crippen LogP contribution in [0.5, 0.6) is 0 Å². The molecular weight excluding hydrogens is 348 g/mol. The number of rotatable bonds is 12. The highest BCUT2D eigenvalue weighted by Crippen LogP contribution is 2.25. The van der Waals surface area contributed by atoms with E-state index in [2.05, 4.69) is 0 Å². The van der Waals surface area contributed by atoms with E-state index >= 15 is 0 Å². The van der Waals surface area contributed by atoms with Crippen molar-refractivity contribution >= 4 is 18.1 Å². The Labute approximate surface area is 149 Å². The van der Waals surface area contributed by atoms with Crippen LogP contribution in [0, 0.1) is 0 Å². The quantitative estimate of drug-likeness (QED) is 0.518. The van der Waals surface area contributed by atoms with Crippen LogP contribution in [-0.2, 0) is 26.2 Å². The second kappa shape index (κ2) is 10.3. The van der Waals surface area contributed by atoms with Crippen LogP contribution in [0.2, 0.25) is 0 Å². The summed E-state index contributed by atoms with van der Waals surface area (Å²) in [6.07, 6.45) is -1.23. The first kappa shape index (κ1) is 24.2. The predicted molar refractivity (Wildman–Crippen MR) is 95.9 cm³/mol. The zero-order valence-electron chi connectivity index (χ0n) is 16.8. The first-order chi connectivity index (χ1) is 10.8. The highest BCUT2D eigenvalue weighted by molar-refractivity contribution is 6.67. The maximum absolute atomic E-state index is 10.9. The third-order valence-corrected chi connectivity index (χ3v) is 8.01. The first-order valence-corrected chi connectivity index (χ1v) is 11.9. The Morgan fingerprint density at radius 3 is 0.958 bits per heavy atom. The van der Waals surface area contributed by atoms with Crippen molar-refractivity contribution in [2.45, 2.75) is 99.8 Å². The summed E-state index contributed by atoms with van der Waals surface area (Å²) in [5.41, 5.74) is 0. The van der Waals surface area contributed by atoms with Gasteiger partial charge in [-0.2, -0.15) is 0 Å². The fourth-order valence-corrected chi connectivity index (χ4v) is 7.22. The third-order valence-electron chi connectivity index (χ3n) is 2.16. The van der Waals surface area contributed by atoms with Gasteiger partial charge in [0.2, 0.25) is 0 Å². The molecule has 0 spiro atoms. The molecule has 9 heteroatoms. The highest BCUT2D eigenvalue weighted by Gasteiger charge is 2.60. The zero-order chi connectivity index (χ0) is 19.1. The number of hydrogen-bond donors (Lipinski definition) is 1. The number of hydrogen-bond acceptors (Lipinski definition) is 7. The van der Waals surface area contributed by atoms with E-state index in [4.69, 9.17) is 26.2 Å². The Morgan fingerprint density at radius 1 is 0.500 bits per heavy atom. The summed E-state index contributed by atoms with van der Waals surface area (Å²) in [6, 6.07) is 0. The van der Waals surface area contributed by atoms with Crippen molar-refractivity contribution in [1.82, 2.24) is 0 Å². The van der Waals surface area contributed by atoms with E-state index in [0.717, 1.165) is 0 Å². The van der Waals surface area contributed by atoms with Crippen molar-refractivity contribution < 1.29 is 31.0 Å². The lowest BCUT2D eigenvalue weighted by Crippen LogP contribution is -2.63. The topological polar surface area (TPSA) is 75.6 Å². The van der Waals surface area contributed by atoms with E-state index < -0.39 is 18.1 Å². The van der Waals surface area contributed by atoms with Gasteiger partial charge in [0.05, 0.1) is 0 Å². The summed E-state index contributed by atoms with van der Waals surface area (Å²) in [5, 5.41) is 0. The van der Waals surface area contributed by atoms with Gasteiger partial charge >= 0.3 is 18.1 Å². The molecule has 24 heavy (non-hydrogen) atoms. The monoisotopic (exact) mass is 384 g/mol. The van der Waals surface area contributed by atoms with Gasteiger partial charge in [-0.3, -0.25) is 0 Å². The molecule has 0 aromatic rings. The Morgan fingerprint density at radius 2 is 0.750 bits per heavy atom. The van der Waals surface area contributed by atoms with Gasteiger partial charge in [0.25, 0.3) is 0 Å². The van der Waals surface area contributed by atoms with Gasteiger partial charge in [-0.1, -0.05) is 0 Å². The van der Waals surface area contributed by atoms with Crippen LogP contribution in [0.3, 0.4) is 0 Å². The summed E-state index contributed by atoms with van der Waals surface area (Å²) in [4.78, 5) is 10.9. The van der Waals surface area contributed by atoms with Crippen molar-refractivity contribution in [2.24, 2.45) is 0 Å². The van der Waals surface area contributed by atoms with Gasteiger partial charge in [0.15, 0.2) is 0 Å². The fourth-order valence-electron chi connectivity index (χ4n) is 1.85. The van der Waals surface area contributed by atoms with Crippen molar-refractivity contribution in [3.63, 3.8) is 0 Å². The molecular formula is C15H36O7Si2. The molecule has 0 bridgehead atoms. The molecule has 0 unspecified atom stereocenters. The van der Waals surface area contributed by atoms with Crippen LogP contribution in [0.15, 0.2) is 0 Å². The lowest BCUT2D eigenvalue weighted by Gasteiger charge is -2.37. The van der Waals surface area contributed by atoms with Crippen molar-refractivity contribution in [3.8, 4) is 0 Å². The van der Waals surface area contributed by atoms with Crippen molar-refractivity contribution in [3.05, 3.63) is 0 Å². The summed E-state index contributed by atoms with van der Waals surface area (Å²) in [5.74, 6) is 0. The largest absolute Gasteiger partial charge is 0.674 e. The molecule has 0 aromatic carbocycles. The minimum absolute atomic E-state index is 0.217. The molecule has 0 amide bonds. The molecule has 0 saturated carbocycles. The minimum Gasteiger partial charge on any atom is -0.368 e. The normalized spacial score (nSPS) is 14.0. The van der Waals surface area contributed by atoms with E-state index in [-0.39, 0.29) is 30.5 Å². The highest BCUT2D eigenvalue weighted by atomic mass is 28.5. The van der Waals surface area contributed by atoms with Gasteiger partial charge < -0.3 is 31.0 Å². The molecule has 0 radical (unpaired) electrons. The van der Waals surface area contributed by atoms with E-state index in [1.54, 1.807) is 27.7 Å². The average Bonchev–Trinajstić information content (AvgIpc) is 2.20. The molecule has 146 valence electrons. The fraction of sp³-hybridized carbons (Fsp3) is 1.00. The summed E-state index contributed by atoms with van der Waals surface area (Å²) >= 11 is 0. The van der Waals surface area contributed by atoms with Crippen LogP contribution >= 0.6 is 0 Å². The van der Waals surface area contributed by atoms with E-state index in [9.17, 15) is 4.80 Å². The second-order valence-corrected chi connectivity index (χ2v) is 11.0. The second-order valence-electron chi connectivity index (χ2n) is 6.96. The Hall–Kier alpha value is 0.154. The lowest BCUT2D eigenvalue weighted by atomic mass is 10.5. The SMILES string of the molecule is CC(C)O[Si](O)(OC(C)C)O[Si](OC(C)C)(OC(C)C)OC(C)C. The molecule has 0 aliphatic rings. The van der Waals surface area contributed by atoms with Gasteiger partial charge in [-0.15, -0.1) is 0 Å². The van der Waals surface area contributed by atoms with E-state index in [1.807, 2.05) is 41.5 Å². The Bertz CT molecular complexity index is 312. The van der Waals surface area contributed by atoms with Gasteiger partial charge in [-0.05, 0) is 69.2 Å². The summed E-state index contributed by atoms with van der Waals surface area (Å²) in [6.45, 7) is 18.3. The molecule has 1 N–H and O–H groups in total. The minimum atomic E-state index is -4.02. The Kier molecular flexibility index (Phi) is 10.4. The van der Waals surface area contributed by atoms with Crippen LogP contribution in [0.25, 0.3) is 0 Å². The van der Waals surface area contributed by atoms with Crippen LogP contribution in [0.4, 0.5) is 0 Å². The molecule has 0 atom stereocenters. The standard InChI is InChI=1S/C15H36O7Si2/c1-11(2)17-23(16,18-12(3)4)22-24(19-13(5)6,20-14(7)8)21-15(9)10/h11-16H,1-10H3. The Balaban J connectivity index is 5.68. The van der Waals surface area contributed by atoms with E-state index in [1.165, 1.54) is 0 Å². The summed E-state index contributed by atoms with van der Waals surface area (Å²) < 4.78 is 34.8. The van der Waals surface area contributed by atoms with Crippen molar-refractivity contribution in [2.75, 3.05) is 0 Å². The maximum Gasteiger partial charge on any atom is 0.674 e. The van der Waals surface area contributed by atoms with Crippen molar-refractivity contribution in [1.29, 1.82) is 0 Å². The van der Waals surface area contributed by atoms with Crippen LogP contribution in [-0.4, -0.2) is 53.4 Å². The summed E-state index contributed by atoms with van der Waals surface area (Å²) in [7, 11) is -7.72. The lowest BCUT2D eigenvalue weighted by molar-refractivity contribution is -0.0928. The van der Waals surface area contributed by atoms with Gasteiger partial charge in [0, 0.05) is 30.5 Å². The molecule has 7 nitrogen and oxygen atoms in total. The smallest absolute Gasteiger partial charge is 0.368 e. The third kappa shape index (κ3) is 10.2. The first-order valence-electron chi connectivity index (χ1n) is 8.60. The maximum atomic E-state index is 10.9. The average molecular weight is 385 g/mol. The molecule has 0 fully saturated rings. The molecule has 0 saturated heterocycles. The van der Waals surface area contributed by atoms with E-state index in [0.29, 0.717) is 0 Å². The molecule has 0 aromatic heterocycles.